The summed E-state index contributed by atoms with van der Waals surface area (Å²) in [4.78, 5) is 0. The molecule has 1 aromatic rings. The summed E-state index contributed by atoms with van der Waals surface area (Å²) in [5.74, 6) is 1.67. The van der Waals surface area contributed by atoms with Gasteiger partial charge >= 0.3 is 0 Å². The van der Waals surface area contributed by atoms with Crippen LogP contribution in [-0.4, -0.2) is 21.9 Å². The molecule has 1 fully saturated rings. The van der Waals surface area contributed by atoms with Gasteiger partial charge in [0.1, 0.15) is 17.1 Å². The molecule has 0 amide bonds. The Bertz CT molecular complexity index is 820. The zero-order chi connectivity index (χ0) is 22.1. The molecule has 1 aliphatic heterocycles. The smallest absolute Gasteiger partial charge is 0.126 e. The van der Waals surface area contributed by atoms with Crippen molar-refractivity contribution in [1.29, 1.82) is 0 Å². The van der Waals surface area contributed by atoms with Crippen LogP contribution < -0.4 is 4.74 Å². The summed E-state index contributed by atoms with van der Waals surface area (Å²) in [6.07, 6.45) is 9.97. The molecule has 0 unspecified atom stereocenters. The second-order valence-corrected chi connectivity index (χ2v) is 10.5. The van der Waals surface area contributed by atoms with Crippen molar-refractivity contribution in [3.8, 4) is 11.5 Å². The number of aliphatic hydroxyl groups excluding tert-OH is 1. The molecule has 2 N–H and O–H groups in total. The van der Waals surface area contributed by atoms with E-state index in [-0.39, 0.29) is 17.1 Å². The van der Waals surface area contributed by atoms with Gasteiger partial charge in [0, 0.05) is 0 Å². The van der Waals surface area contributed by atoms with Gasteiger partial charge in [-0.15, -0.1) is 0 Å². The van der Waals surface area contributed by atoms with E-state index in [0.717, 1.165) is 68.2 Å². The van der Waals surface area contributed by atoms with E-state index in [1.54, 1.807) is 6.07 Å². The number of benzene rings is 1. The third-order valence-corrected chi connectivity index (χ3v) is 7.59. The second-order valence-electron chi connectivity index (χ2n) is 10.5. The largest absolute Gasteiger partial charge is 0.508 e. The molecule has 3 heteroatoms. The third-order valence-electron chi connectivity index (χ3n) is 7.59. The van der Waals surface area contributed by atoms with E-state index in [0.29, 0.717) is 11.7 Å². The van der Waals surface area contributed by atoms with E-state index in [4.69, 9.17) is 4.74 Å². The number of ether oxygens (including phenoxy) is 1. The number of aliphatic hydroxyl groups is 1. The summed E-state index contributed by atoms with van der Waals surface area (Å²) < 4.78 is 6.42. The van der Waals surface area contributed by atoms with Crippen molar-refractivity contribution in [2.75, 3.05) is 0 Å². The fourth-order valence-electron chi connectivity index (χ4n) is 5.33. The minimum Gasteiger partial charge on any atom is -0.508 e. The number of hydrogen-bond donors (Lipinski definition) is 2. The van der Waals surface area contributed by atoms with E-state index in [1.807, 2.05) is 13.0 Å². The highest BCUT2D eigenvalue weighted by molar-refractivity contribution is 5.47. The zero-order valence-corrected chi connectivity index (χ0v) is 19.6. The average molecular weight is 413 g/mol. The van der Waals surface area contributed by atoms with Crippen molar-refractivity contribution in [2.45, 2.75) is 97.7 Å². The Morgan fingerprint density at radius 2 is 2.00 bits per heavy atom. The Kier molecular flexibility index (Phi) is 6.72. The lowest BCUT2D eigenvalue weighted by Crippen LogP contribution is -2.41. The lowest BCUT2D eigenvalue weighted by Gasteiger charge is -2.44. The van der Waals surface area contributed by atoms with Gasteiger partial charge in [0.2, 0.25) is 0 Å². The number of fused-ring (bicyclic) bond motifs is 1. The Morgan fingerprint density at radius 3 is 2.73 bits per heavy atom. The summed E-state index contributed by atoms with van der Waals surface area (Å²) in [6, 6.07) is 3.62. The topological polar surface area (TPSA) is 49.7 Å². The number of phenols is 1. The Hall–Kier alpha value is -1.74. The lowest BCUT2D eigenvalue weighted by molar-refractivity contribution is -0.00881. The summed E-state index contributed by atoms with van der Waals surface area (Å²) in [6.45, 7) is 15.1. The molecule has 0 aromatic heterocycles. The van der Waals surface area contributed by atoms with Crippen LogP contribution in [0.3, 0.4) is 0 Å². The van der Waals surface area contributed by atoms with Crippen molar-refractivity contribution >= 4 is 0 Å². The molecule has 3 atom stereocenters. The first-order chi connectivity index (χ1) is 14.0. The molecule has 3 nitrogen and oxygen atoms in total. The van der Waals surface area contributed by atoms with Crippen molar-refractivity contribution < 1.29 is 14.9 Å². The second kappa shape index (κ2) is 8.78. The predicted octanol–water partition coefficient (Wildman–Crippen LogP) is 6.64. The van der Waals surface area contributed by atoms with Crippen molar-refractivity contribution in [3.63, 3.8) is 0 Å². The Morgan fingerprint density at radius 1 is 1.27 bits per heavy atom. The number of rotatable bonds is 6. The monoisotopic (exact) mass is 412 g/mol. The normalized spacial score (nSPS) is 28.7. The Balaban J connectivity index is 1.54. The van der Waals surface area contributed by atoms with Crippen LogP contribution in [0, 0.1) is 18.3 Å². The minimum atomic E-state index is -0.228. The maximum Gasteiger partial charge on any atom is 0.126 e. The average Bonchev–Trinajstić information content (AvgIpc) is 2.65. The van der Waals surface area contributed by atoms with E-state index in [1.165, 1.54) is 11.1 Å². The molecule has 1 heterocycles. The van der Waals surface area contributed by atoms with Gasteiger partial charge in [-0.1, -0.05) is 37.6 Å². The van der Waals surface area contributed by atoms with Gasteiger partial charge in [0.05, 0.1) is 6.10 Å². The molecule has 2 aliphatic rings. The fraction of sp³-hybridized carbons (Fsp3) is 0.630. The van der Waals surface area contributed by atoms with Gasteiger partial charge in [-0.2, -0.15) is 0 Å². The molecule has 1 saturated carbocycles. The highest BCUT2D eigenvalue weighted by atomic mass is 16.5. The summed E-state index contributed by atoms with van der Waals surface area (Å²) >= 11 is 0. The summed E-state index contributed by atoms with van der Waals surface area (Å²) in [5, 5.41) is 20.3. The first kappa shape index (κ1) is 22.9. The van der Waals surface area contributed by atoms with E-state index in [2.05, 4.69) is 40.3 Å². The molecular weight excluding hydrogens is 372 g/mol. The van der Waals surface area contributed by atoms with Crippen LogP contribution in [0.15, 0.2) is 35.9 Å². The molecule has 166 valence electrons. The first-order valence-electron chi connectivity index (χ1n) is 11.5. The van der Waals surface area contributed by atoms with E-state index < -0.39 is 0 Å². The van der Waals surface area contributed by atoms with E-state index >= 15 is 0 Å². The van der Waals surface area contributed by atoms with Crippen LogP contribution in [-0.2, 0) is 6.42 Å². The minimum absolute atomic E-state index is 0.0846. The quantitative estimate of drug-likeness (QED) is 0.515. The van der Waals surface area contributed by atoms with Gasteiger partial charge in [-0.05, 0) is 107 Å². The molecule has 0 spiro atoms. The summed E-state index contributed by atoms with van der Waals surface area (Å²) in [5.41, 5.74) is 4.61. The van der Waals surface area contributed by atoms with Gasteiger partial charge in [0.25, 0.3) is 0 Å². The maximum atomic E-state index is 10.4. The molecule has 0 saturated heterocycles. The number of aryl methyl sites for hydroxylation is 2. The van der Waals surface area contributed by atoms with Crippen LogP contribution in [0.1, 0.15) is 83.8 Å². The molecule has 3 rings (SSSR count). The standard InChI is InChI=1S/C27H40O3/c1-18(9-11-23-19(2)10-12-24(29)26(23,4)5)8-7-14-27(6)15-13-21-17-22(28)16-20(3)25(21)30-27/h8,16-17,23-24,28-29H,2,7,9-15H2,1,3-6H3/t23-,24-,27+/m1/s1. The van der Waals surface area contributed by atoms with Gasteiger partial charge in [-0.3, -0.25) is 0 Å². The molecule has 1 aliphatic carbocycles. The molecule has 1 aromatic carbocycles. The van der Waals surface area contributed by atoms with Crippen LogP contribution in [0.2, 0.25) is 0 Å². The van der Waals surface area contributed by atoms with Gasteiger partial charge in [-0.25, -0.2) is 0 Å². The highest BCUT2D eigenvalue weighted by Crippen LogP contribution is 2.46. The Labute approximate surface area is 182 Å². The first-order valence-corrected chi connectivity index (χ1v) is 11.5. The van der Waals surface area contributed by atoms with Crippen LogP contribution >= 0.6 is 0 Å². The third kappa shape index (κ3) is 4.94. The predicted molar refractivity (Wildman–Crippen MR) is 124 cm³/mol. The molecule has 0 radical (unpaired) electrons. The van der Waals surface area contributed by atoms with Crippen molar-refractivity contribution in [1.82, 2.24) is 0 Å². The lowest BCUT2D eigenvalue weighted by atomic mass is 9.63. The molecule has 0 bridgehead atoms. The van der Waals surface area contributed by atoms with Crippen molar-refractivity contribution in [3.05, 3.63) is 47.1 Å². The van der Waals surface area contributed by atoms with E-state index in [9.17, 15) is 10.2 Å². The molecule has 30 heavy (non-hydrogen) atoms. The SMILES string of the molecule is C=C1CC[C@@H](O)C(C)(C)[C@@H]1CCC(C)=CCC[C@@]1(C)CCc2cc(O)cc(C)c2O1. The van der Waals surface area contributed by atoms with Gasteiger partial charge < -0.3 is 14.9 Å². The zero-order valence-electron chi connectivity index (χ0n) is 19.6. The number of allylic oxidation sites excluding steroid dienone is 3. The van der Waals surface area contributed by atoms with Crippen molar-refractivity contribution in [2.24, 2.45) is 11.3 Å². The summed E-state index contributed by atoms with van der Waals surface area (Å²) in [7, 11) is 0. The maximum absolute atomic E-state index is 10.4. The van der Waals surface area contributed by atoms with Gasteiger partial charge in [0.15, 0.2) is 0 Å². The van der Waals surface area contributed by atoms with Crippen LogP contribution in [0.5, 0.6) is 11.5 Å². The van der Waals surface area contributed by atoms with Crippen LogP contribution in [0.4, 0.5) is 0 Å². The molecular formula is C27H40O3. The highest BCUT2D eigenvalue weighted by Gasteiger charge is 2.40. The van der Waals surface area contributed by atoms with Crippen LogP contribution in [0.25, 0.3) is 0 Å². The number of hydrogen-bond acceptors (Lipinski definition) is 3. The number of phenolic OH excluding ortho intramolecular Hbond substituents is 1. The number of aromatic hydroxyl groups is 1. The fourth-order valence-corrected chi connectivity index (χ4v) is 5.33.